The SMILES string of the molecule is Cc1nc2n(c(=O)c1C)C(CC(=O)Nc1cc(F)ccc1F)CS2. The highest BCUT2D eigenvalue weighted by molar-refractivity contribution is 7.99. The molecule has 0 fully saturated rings. The number of thioether (sulfide) groups is 1. The van der Waals surface area contributed by atoms with E-state index >= 15 is 0 Å². The quantitative estimate of drug-likeness (QED) is 0.864. The minimum atomic E-state index is -0.712. The van der Waals surface area contributed by atoms with E-state index < -0.39 is 17.5 Å². The standard InChI is InChI=1S/C16H15F2N3O2S/c1-8-9(2)19-16-21(15(8)23)11(7-24-16)6-14(22)20-13-5-10(17)3-4-12(13)18/h3-5,11H,6-7H2,1-2H3,(H,20,22). The maximum absolute atomic E-state index is 13.6. The van der Waals surface area contributed by atoms with Gasteiger partial charge in [0.25, 0.3) is 5.56 Å². The van der Waals surface area contributed by atoms with Crippen LogP contribution in [0.4, 0.5) is 14.5 Å². The monoisotopic (exact) mass is 351 g/mol. The van der Waals surface area contributed by atoms with Crippen LogP contribution in [0.2, 0.25) is 0 Å². The molecule has 1 N–H and O–H groups in total. The minimum Gasteiger partial charge on any atom is -0.323 e. The molecule has 2 heterocycles. The number of fused-ring (bicyclic) bond motifs is 1. The molecule has 1 unspecified atom stereocenters. The fourth-order valence-electron chi connectivity index (χ4n) is 2.53. The van der Waals surface area contributed by atoms with Crippen LogP contribution in [0.3, 0.4) is 0 Å². The van der Waals surface area contributed by atoms with E-state index in [1.807, 2.05) is 0 Å². The molecule has 2 aromatic rings. The highest BCUT2D eigenvalue weighted by Gasteiger charge is 2.28. The molecule has 5 nitrogen and oxygen atoms in total. The summed E-state index contributed by atoms with van der Waals surface area (Å²) in [6.45, 7) is 3.46. The van der Waals surface area contributed by atoms with E-state index in [1.165, 1.54) is 16.3 Å². The molecule has 1 aromatic carbocycles. The molecule has 8 heteroatoms. The van der Waals surface area contributed by atoms with Gasteiger partial charge in [0.1, 0.15) is 11.6 Å². The van der Waals surface area contributed by atoms with Crippen molar-refractivity contribution in [3.63, 3.8) is 0 Å². The Morgan fingerprint density at radius 1 is 1.42 bits per heavy atom. The van der Waals surface area contributed by atoms with Gasteiger partial charge in [-0.2, -0.15) is 0 Å². The summed E-state index contributed by atoms with van der Waals surface area (Å²) in [4.78, 5) is 28.9. The third-order valence-corrected chi connectivity index (χ3v) is 5.04. The second-order valence-corrected chi connectivity index (χ2v) is 6.61. The van der Waals surface area contributed by atoms with Gasteiger partial charge in [-0.25, -0.2) is 13.8 Å². The highest BCUT2D eigenvalue weighted by atomic mass is 32.2. The number of aromatic nitrogens is 2. The maximum Gasteiger partial charge on any atom is 0.257 e. The number of rotatable bonds is 3. The Kier molecular flexibility index (Phi) is 4.40. The molecule has 0 bridgehead atoms. The van der Waals surface area contributed by atoms with E-state index in [2.05, 4.69) is 10.3 Å². The molecular formula is C16H15F2N3O2S. The van der Waals surface area contributed by atoms with Crippen LogP contribution in [0.15, 0.2) is 28.2 Å². The lowest BCUT2D eigenvalue weighted by Gasteiger charge is -2.14. The van der Waals surface area contributed by atoms with Gasteiger partial charge in [0.05, 0.1) is 11.7 Å². The van der Waals surface area contributed by atoms with Gasteiger partial charge in [-0.3, -0.25) is 14.2 Å². The molecule has 0 radical (unpaired) electrons. The van der Waals surface area contributed by atoms with Gasteiger partial charge in [0.15, 0.2) is 5.16 Å². The van der Waals surface area contributed by atoms with Gasteiger partial charge in [-0.15, -0.1) is 0 Å². The zero-order valence-electron chi connectivity index (χ0n) is 13.1. The van der Waals surface area contributed by atoms with Gasteiger partial charge in [-0.05, 0) is 26.0 Å². The first kappa shape index (κ1) is 16.6. The van der Waals surface area contributed by atoms with E-state index in [9.17, 15) is 18.4 Å². The van der Waals surface area contributed by atoms with E-state index in [-0.39, 0.29) is 23.7 Å². The molecule has 1 aliphatic rings. The molecule has 0 saturated carbocycles. The van der Waals surface area contributed by atoms with E-state index in [0.717, 1.165) is 18.2 Å². The zero-order chi connectivity index (χ0) is 17.4. The number of nitrogens with zero attached hydrogens (tertiary/aromatic N) is 2. The summed E-state index contributed by atoms with van der Waals surface area (Å²) < 4.78 is 28.3. The van der Waals surface area contributed by atoms with Crippen molar-refractivity contribution >= 4 is 23.4 Å². The third kappa shape index (κ3) is 3.06. The van der Waals surface area contributed by atoms with Crippen LogP contribution in [-0.2, 0) is 4.79 Å². The van der Waals surface area contributed by atoms with Gasteiger partial charge in [0, 0.05) is 29.5 Å². The first-order chi connectivity index (χ1) is 11.4. The molecule has 3 rings (SSSR count). The molecule has 1 aliphatic heterocycles. The number of nitrogens with one attached hydrogen (secondary N) is 1. The number of carbonyl (C=O) groups excluding carboxylic acids is 1. The largest absolute Gasteiger partial charge is 0.323 e. The van der Waals surface area contributed by atoms with E-state index in [0.29, 0.717) is 22.2 Å². The van der Waals surface area contributed by atoms with Crippen molar-refractivity contribution < 1.29 is 13.6 Å². The average Bonchev–Trinajstić information content (AvgIpc) is 2.91. The number of anilines is 1. The lowest BCUT2D eigenvalue weighted by molar-refractivity contribution is -0.116. The summed E-state index contributed by atoms with van der Waals surface area (Å²) in [5.74, 6) is -1.30. The van der Waals surface area contributed by atoms with Crippen LogP contribution < -0.4 is 10.9 Å². The van der Waals surface area contributed by atoms with Crippen molar-refractivity contribution in [2.75, 3.05) is 11.1 Å². The molecule has 1 amide bonds. The smallest absolute Gasteiger partial charge is 0.257 e. The van der Waals surface area contributed by atoms with Crippen LogP contribution in [-0.4, -0.2) is 21.2 Å². The Balaban J connectivity index is 1.80. The number of carbonyl (C=O) groups is 1. The molecule has 1 atom stereocenters. The number of amides is 1. The predicted molar refractivity (Wildman–Crippen MR) is 87.3 cm³/mol. The lowest BCUT2D eigenvalue weighted by Crippen LogP contribution is -2.29. The second-order valence-electron chi connectivity index (χ2n) is 5.62. The van der Waals surface area contributed by atoms with E-state index in [4.69, 9.17) is 0 Å². The van der Waals surface area contributed by atoms with Gasteiger partial charge in [-0.1, -0.05) is 11.8 Å². The molecule has 24 heavy (non-hydrogen) atoms. The van der Waals surface area contributed by atoms with Crippen LogP contribution in [0.1, 0.15) is 23.7 Å². The minimum absolute atomic E-state index is 0.0138. The molecule has 0 spiro atoms. The molecular weight excluding hydrogens is 336 g/mol. The molecule has 1 aromatic heterocycles. The fraction of sp³-hybridized carbons (Fsp3) is 0.312. The van der Waals surface area contributed by atoms with Crippen molar-refractivity contribution in [1.29, 1.82) is 0 Å². The van der Waals surface area contributed by atoms with Crippen molar-refractivity contribution in [2.24, 2.45) is 0 Å². The van der Waals surface area contributed by atoms with Crippen LogP contribution in [0.25, 0.3) is 0 Å². The first-order valence-electron chi connectivity index (χ1n) is 7.34. The van der Waals surface area contributed by atoms with Crippen LogP contribution in [0, 0.1) is 25.5 Å². The van der Waals surface area contributed by atoms with Crippen LogP contribution in [0.5, 0.6) is 0 Å². The molecule has 0 saturated heterocycles. The Morgan fingerprint density at radius 3 is 2.92 bits per heavy atom. The van der Waals surface area contributed by atoms with Gasteiger partial charge in [0.2, 0.25) is 5.91 Å². The summed E-state index contributed by atoms with van der Waals surface area (Å²) >= 11 is 1.40. The number of halogens is 2. The normalized spacial score (nSPS) is 16.1. The highest BCUT2D eigenvalue weighted by Crippen LogP contribution is 2.32. The van der Waals surface area contributed by atoms with Crippen LogP contribution >= 0.6 is 11.8 Å². The van der Waals surface area contributed by atoms with Crippen molar-refractivity contribution in [1.82, 2.24) is 9.55 Å². The maximum atomic E-state index is 13.6. The summed E-state index contributed by atoms with van der Waals surface area (Å²) in [6.07, 6.45) is -0.0138. The molecule has 126 valence electrons. The Morgan fingerprint density at radius 2 is 2.17 bits per heavy atom. The lowest BCUT2D eigenvalue weighted by atomic mass is 10.2. The van der Waals surface area contributed by atoms with Gasteiger partial charge >= 0.3 is 0 Å². The second kappa shape index (κ2) is 6.35. The Hall–Kier alpha value is -2.22. The van der Waals surface area contributed by atoms with Crippen molar-refractivity contribution in [3.8, 4) is 0 Å². The number of aryl methyl sites for hydroxylation is 1. The summed E-state index contributed by atoms with van der Waals surface area (Å²) in [7, 11) is 0. The number of hydrogen-bond donors (Lipinski definition) is 1. The Labute approximate surface area is 141 Å². The number of hydrogen-bond acceptors (Lipinski definition) is 4. The first-order valence-corrected chi connectivity index (χ1v) is 8.33. The average molecular weight is 351 g/mol. The van der Waals surface area contributed by atoms with Crippen molar-refractivity contribution in [2.45, 2.75) is 31.5 Å². The summed E-state index contributed by atoms with van der Waals surface area (Å²) in [6, 6.07) is 2.49. The topological polar surface area (TPSA) is 64.0 Å². The predicted octanol–water partition coefficient (Wildman–Crippen LogP) is 2.81. The molecule has 0 aliphatic carbocycles. The fourth-order valence-corrected chi connectivity index (χ4v) is 3.71. The van der Waals surface area contributed by atoms with Crippen molar-refractivity contribution in [3.05, 3.63) is 51.4 Å². The summed E-state index contributed by atoms with van der Waals surface area (Å²) in [5, 5.41) is 2.94. The Bertz CT molecular complexity index is 882. The van der Waals surface area contributed by atoms with E-state index in [1.54, 1.807) is 13.8 Å². The van der Waals surface area contributed by atoms with Gasteiger partial charge < -0.3 is 5.32 Å². The third-order valence-electron chi connectivity index (χ3n) is 3.95. The zero-order valence-corrected chi connectivity index (χ0v) is 13.9. The number of benzene rings is 1. The summed E-state index contributed by atoms with van der Waals surface area (Å²) in [5.41, 5.74) is 0.835.